The molecule has 0 spiro atoms. The molecule has 0 saturated heterocycles. The molecule has 0 aliphatic rings. The highest BCUT2D eigenvalue weighted by molar-refractivity contribution is 7.89. The van der Waals surface area contributed by atoms with Gasteiger partial charge >= 0.3 is 5.97 Å². The highest BCUT2D eigenvalue weighted by Crippen LogP contribution is 2.17. The number of rotatable bonds is 5. The van der Waals surface area contributed by atoms with Crippen molar-refractivity contribution < 1.29 is 23.4 Å². The summed E-state index contributed by atoms with van der Waals surface area (Å²) in [4.78, 5) is 13.6. The fourth-order valence-corrected chi connectivity index (χ4v) is 2.41. The van der Waals surface area contributed by atoms with E-state index in [4.69, 9.17) is 21.8 Å². The second-order valence-corrected chi connectivity index (χ2v) is 5.09. The van der Waals surface area contributed by atoms with Crippen LogP contribution >= 0.6 is 11.6 Å². The van der Waals surface area contributed by atoms with Crippen LogP contribution in [0, 0.1) is 0 Å². The summed E-state index contributed by atoms with van der Waals surface area (Å²) < 4.78 is 25.2. The summed E-state index contributed by atoms with van der Waals surface area (Å²) in [5.41, 5.74) is 0. The number of aliphatic carboxylic acids is 1. The molecule has 1 heterocycles. The Hall–Kier alpha value is -1.22. The second-order valence-electron chi connectivity index (χ2n) is 3.00. The van der Waals surface area contributed by atoms with Crippen LogP contribution in [0.4, 0.5) is 0 Å². The number of pyridine rings is 1. The Bertz CT molecular complexity index is 518. The smallest absolute Gasteiger partial charge is 0.333 e. The van der Waals surface area contributed by atoms with E-state index in [0.717, 1.165) is 0 Å². The molecule has 9 heteroatoms. The number of aromatic nitrogens is 1. The number of hydrogen-bond acceptors (Lipinski definition) is 5. The Labute approximate surface area is 102 Å². The van der Waals surface area contributed by atoms with Crippen LogP contribution in [-0.2, 0) is 14.8 Å². The summed E-state index contributed by atoms with van der Waals surface area (Å²) in [6.45, 7) is -0.650. The summed E-state index contributed by atoms with van der Waals surface area (Å²) in [6.07, 6.45) is -0.506. The number of nitrogens with one attached hydrogen (secondary N) is 1. The van der Waals surface area contributed by atoms with Crippen molar-refractivity contribution in [3.63, 3.8) is 0 Å². The van der Waals surface area contributed by atoms with Crippen LogP contribution in [-0.4, -0.2) is 42.2 Å². The predicted octanol–water partition coefficient (Wildman–Crippen LogP) is -0.541. The van der Waals surface area contributed by atoms with Gasteiger partial charge in [0.25, 0.3) is 0 Å². The zero-order valence-electron chi connectivity index (χ0n) is 8.37. The van der Waals surface area contributed by atoms with Gasteiger partial charge in [-0.3, -0.25) is 0 Å². The second kappa shape index (κ2) is 5.41. The van der Waals surface area contributed by atoms with E-state index in [-0.39, 0.29) is 10.0 Å². The van der Waals surface area contributed by atoms with Crippen LogP contribution in [0.3, 0.4) is 0 Å². The van der Waals surface area contributed by atoms with E-state index < -0.39 is 28.6 Å². The standard InChI is InChI=1S/C8H9ClN2O5S/c9-7-6(2-1-3-10-7)17(15,16)11-4-5(12)8(13)14/h1-3,5,11-12H,4H2,(H,13,14)/t5-/m0/s1. The number of carbonyl (C=O) groups is 1. The van der Waals surface area contributed by atoms with E-state index in [2.05, 4.69) is 4.98 Å². The lowest BCUT2D eigenvalue weighted by Crippen LogP contribution is -2.36. The quantitative estimate of drug-likeness (QED) is 0.624. The lowest BCUT2D eigenvalue weighted by atomic mass is 10.4. The highest BCUT2D eigenvalue weighted by Gasteiger charge is 2.21. The Kier molecular flexibility index (Phi) is 4.40. The normalized spacial score (nSPS) is 13.3. The zero-order chi connectivity index (χ0) is 13.1. The summed E-state index contributed by atoms with van der Waals surface area (Å²) in [5, 5.41) is 17.1. The summed E-state index contributed by atoms with van der Waals surface area (Å²) in [6, 6.07) is 2.58. The fourth-order valence-electron chi connectivity index (χ4n) is 0.925. The van der Waals surface area contributed by atoms with Gasteiger partial charge in [0, 0.05) is 12.7 Å². The number of sulfonamides is 1. The van der Waals surface area contributed by atoms with Crippen LogP contribution in [0.15, 0.2) is 23.2 Å². The van der Waals surface area contributed by atoms with Crippen molar-refractivity contribution in [2.24, 2.45) is 0 Å². The zero-order valence-corrected chi connectivity index (χ0v) is 9.94. The SMILES string of the molecule is O=C(O)[C@@H](O)CNS(=O)(=O)c1cccnc1Cl. The van der Waals surface area contributed by atoms with Crippen molar-refractivity contribution in [1.29, 1.82) is 0 Å². The number of nitrogens with zero attached hydrogens (tertiary/aromatic N) is 1. The van der Waals surface area contributed by atoms with Gasteiger partial charge in [-0.25, -0.2) is 22.9 Å². The average Bonchev–Trinajstić information content (AvgIpc) is 2.26. The van der Waals surface area contributed by atoms with Gasteiger partial charge in [0.05, 0.1) is 0 Å². The summed E-state index contributed by atoms with van der Waals surface area (Å²) in [7, 11) is -3.99. The highest BCUT2D eigenvalue weighted by atomic mass is 35.5. The number of halogens is 1. The maximum Gasteiger partial charge on any atom is 0.333 e. The molecular weight excluding hydrogens is 272 g/mol. The van der Waals surface area contributed by atoms with Crippen molar-refractivity contribution in [3.05, 3.63) is 23.5 Å². The first-order valence-electron chi connectivity index (χ1n) is 4.35. The topological polar surface area (TPSA) is 117 Å². The van der Waals surface area contributed by atoms with Crippen molar-refractivity contribution in [2.75, 3.05) is 6.54 Å². The monoisotopic (exact) mass is 280 g/mol. The minimum absolute atomic E-state index is 0.232. The number of aliphatic hydroxyl groups is 1. The van der Waals surface area contributed by atoms with Crippen molar-refractivity contribution in [1.82, 2.24) is 9.71 Å². The third-order valence-corrected chi connectivity index (χ3v) is 3.63. The molecule has 0 amide bonds. The van der Waals surface area contributed by atoms with Gasteiger partial charge in [-0.2, -0.15) is 0 Å². The summed E-state index contributed by atoms with van der Waals surface area (Å²) in [5.74, 6) is -1.52. The maximum atomic E-state index is 11.6. The lowest BCUT2D eigenvalue weighted by molar-refractivity contribution is -0.146. The molecule has 0 aromatic carbocycles. The third-order valence-electron chi connectivity index (χ3n) is 1.77. The van der Waals surface area contributed by atoms with Crippen LogP contribution in [0.5, 0.6) is 0 Å². The molecular formula is C8H9ClN2O5S. The Balaban J connectivity index is 2.84. The first kappa shape index (κ1) is 13.8. The fraction of sp³-hybridized carbons (Fsp3) is 0.250. The van der Waals surface area contributed by atoms with Gasteiger partial charge < -0.3 is 10.2 Å². The van der Waals surface area contributed by atoms with E-state index in [1.165, 1.54) is 18.3 Å². The average molecular weight is 281 g/mol. The molecule has 1 aromatic heterocycles. The molecule has 7 nitrogen and oxygen atoms in total. The van der Waals surface area contributed by atoms with Crippen LogP contribution in [0.1, 0.15) is 0 Å². The van der Waals surface area contributed by atoms with Crippen molar-refractivity contribution in [2.45, 2.75) is 11.0 Å². The molecule has 1 aromatic rings. The van der Waals surface area contributed by atoms with Crippen LogP contribution in [0.2, 0.25) is 5.15 Å². The molecule has 0 bridgehead atoms. The largest absolute Gasteiger partial charge is 0.479 e. The van der Waals surface area contributed by atoms with Gasteiger partial charge in [-0.05, 0) is 12.1 Å². The molecule has 0 aliphatic heterocycles. The number of carboxylic acids is 1. The van der Waals surface area contributed by atoms with E-state index in [1.807, 2.05) is 4.72 Å². The van der Waals surface area contributed by atoms with Crippen LogP contribution in [0.25, 0.3) is 0 Å². The molecule has 3 N–H and O–H groups in total. The summed E-state index contributed by atoms with van der Waals surface area (Å²) >= 11 is 5.58. The maximum absolute atomic E-state index is 11.6. The third kappa shape index (κ3) is 3.63. The predicted molar refractivity (Wildman–Crippen MR) is 58.1 cm³/mol. The minimum Gasteiger partial charge on any atom is -0.479 e. The molecule has 0 saturated carbocycles. The van der Waals surface area contributed by atoms with Crippen molar-refractivity contribution in [3.8, 4) is 0 Å². The molecule has 1 atom stereocenters. The van der Waals surface area contributed by atoms with Gasteiger partial charge in [0.2, 0.25) is 10.0 Å². The molecule has 0 fully saturated rings. The molecule has 0 aliphatic carbocycles. The molecule has 17 heavy (non-hydrogen) atoms. The Morgan fingerprint density at radius 3 is 2.76 bits per heavy atom. The van der Waals surface area contributed by atoms with Gasteiger partial charge in [-0.1, -0.05) is 11.6 Å². The number of carboxylic acid groups (broad SMARTS) is 1. The minimum atomic E-state index is -3.99. The molecule has 1 rings (SSSR count). The van der Waals surface area contributed by atoms with Gasteiger partial charge in [0.15, 0.2) is 6.10 Å². The van der Waals surface area contributed by atoms with Crippen molar-refractivity contribution >= 4 is 27.6 Å². The number of hydrogen-bond donors (Lipinski definition) is 3. The Morgan fingerprint density at radius 2 is 2.24 bits per heavy atom. The Morgan fingerprint density at radius 1 is 1.59 bits per heavy atom. The number of aliphatic hydroxyl groups excluding tert-OH is 1. The van der Waals surface area contributed by atoms with Gasteiger partial charge in [-0.15, -0.1) is 0 Å². The molecule has 94 valence electrons. The van der Waals surface area contributed by atoms with E-state index in [0.29, 0.717) is 0 Å². The first-order valence-corrected chi connectivity index (χ1v) is 6.22. The lowest BCUT2D eigenvalue weighted by Gasteiger charge is -2.09. The molecule has 0 radical (unpaired) electrons. The van der Waals surface area contributed by atoms with Crippen LogP contribution < -0.4 is 4.72 Å². The van der Waals surface area contributed by atoms with E-state index >= 15 is 0 Å². The van der Waals surface area contributed by atoms with E-state index in [1.54, 1.807) is 0 Å². The van der Waals surface area contributed by atoms with E-state index in [9.17, 15) is 13.2 Å². The molecule has 0 unspecified atom stereocenters. The van der Waals surface area contributed by atoms with Gasteiger partial charge in [0.1, 0.15) is 10.0 Å². The first-order chi connectivity index (χ1) is 7.84.